The van der Waals surface area contributed by atoms with Crippen LogP contribution in [-0.4, -0.2) is 27.4 Å². The number of imidazole rings is 1. The van der Waals surface area contributed by atoms with Crippen LogP contribution in [0.1, 0.15) is 19.2 Å². The number of hydrogen-bond acceptors (Lipinski definition) is 3. The summed E-state index contributed by atoms with van der Waals surface area (Å²) in [4.78, 5) is 4.28. The molecule has 0 amide bonds. The van der Waals surface area contributed by atoms with Crippen molar-refractivity contribution in [2.45, 2.75) is 32.4 Å². The maximum atomic E-state index is 10.00. The van der Waals surface area contributed by atoms with Crippen LogP contribution < -0.4 is 4.74 Å². The number of ether oxygens (including phenoxy) is 1. The molecule has 19 heavy (non-hydrogen) atoms. The number of hydrogen-bond donors (Lipinski definition) is 1. The van der Waals surface area contributed by atoms with E-state index in [0.717, 1.165) is 24.5 Å². The molecule has 1 aromatic heterocycles. The number of rotatable bonds is 7. The molecule has 0 fully saturated rings. The molecule has 0 saturated carbocycles. The SMILES string of the molecule is CCCn1ccnc1CC(O)COc1ccccc1. The molecule has 1 N–H and O–H groups in total. The number of aliphatic hydroxyl groups excluding tert-OH is 1. The fourth-order valence-electron chi connectivity index (χ4n) is 1.95. The number of aliphatic hydroxyl groups is 1. The first kappa shape index (κ1) is 13.6. The van der Waals surface area contributed by atoms with E-state index in [1.807, 2.05) is 36.5 Å². The van der Waals surface area contributed by atoms with Crippen LogP contribution in [0.15, 0.2) is 42.7 Å². The molecule has 4 nitrogen and oxygen atoms in total. The van der Waals surface area contributed by atoms with Crippen molar-refractivity contribution in [3.63, 3.8) is 0 Å². The number of aromatic nitrogens is 2. The fourth-order valence-corrected chi connectivity index (χ4v) is 1.95. The Balaban J connectivity index is 1.84. The van der Waals surface area contributed by atoms with Gasteiger partial charge < -0.3 is 14.4 Å². The van der Waals surface area contributed by atoms with Gasteiger partial charge in [-0.05, 0) is 18.6 Å². The molecule has 0 bridgehead atoms. The second-order valence-electron chi connectivity index (χ2n) is 4.52. The minimum absolute atomic E-state index is 0.281. The number of para-hydroxylation sites is 1. The van der Waals surface area contributed by atoms with Gasteiger partial charge in [0.15, 0.2) is 0 Å². The average molecular weight is 260 g/mol. The van der Waals surface area contributed by atoms with Crippen molar-refractivity contribution < 1.29 is 9.84 Å². The highest BCUT2D eigenvalue weighted by atomic mass is 16.5. The van der Waals surface area contributed by atoms with Crippen LogP contribution in [0.3, 0.4) is 0 Å². The van der Waals surface area contributed by atoms with Gasteiger partial charge in [0.25, 0.3) is 0 Å². The topological polar surface area (TPSA) is 47.3 Å². The van der Waals surface area contributed by atoms with Crippen molar-refractivity contribution in [3.8, 4) is 5.75 Å². The lowest BCUT2D eigenvalue weighted by molar-refractivity contribution is 0.105. The van der Waals surface area contributed by atoms with Crippen LogP contribution in [0, 0.1) is 0 Å². The summed E-state index contributed by atoms with van der Waals surface area (Å²) in [6.07, 6.45) is 4.75. The van der Waals surface area contributed by atoms with E-state index in [1.165, 1.54) is 0 Å². The van der Waals surface area contributed by atoms with Crippen LogP contribution in [0.5, 0.6) is 5.75 Å². The van der Waals surface area contributed by atoms with Gasteiger partial charge in [0.1, 0.15) is 18.2 Å². The minimum Gasteiger partial charge on any atom is -0.491 e. The zero-order chi connectivity index (χ0) is 13.5. The van der Waals surface area contributed by atoms with Gasteiger partial charge in [0.05, 0.1) is 6.10 Å². The van der Waals surface area contributed by atoms with E-state index >= 15 is 0 Å². The summed E-state index contributed by atoms with van der Waals surface area (Å²) in [5.74, 6) is 1.68. The molecule has 0 saturated heterocycles. The lowest BCUT2D eigenvalue weighted by Gasteiger charge is -2.13. The molecular weight excluding hydrogens is 240 g/mol. The Morgan fingerprint density at radius 3 is 2.84 bits per heavy atom. The Labute approximate surface area is 113 Å². The molecule has 1 unspecified atom stereocenters. The van der Waals surface area contributed by atoms with Gasteiger partial charge in [-0.15, -0.1) is 0 Å². The predicted molar refractivity (Wildman–Crippen MR) is 74.2 cm³/mol. The summed E-state index contributed by atoms with van der Waals surface area (Å²) in [7, 11) is 0. The van der Waals surface area contributed by atoms with E-state index in [0.29, 0.717) is 6.42 Å². The summed E-state index contributed by atoms with van der Waals surface area (Å²) >= 11 is 0. The first-order chi connectivity index (χ1) is 9.29. The van der Waals surface area contributed by atoms with Crippen molar-refractivity contribution in [3.05, 3.63) is 48.5 Å². The molecule has 1 aromatic carbocycles. The Kier molecular flexibility index (Phi) is 4.98. The number of nitrogens with zero attached hydrogens (tertiary/aromatic N) is 2. The second kappa shape index (κ2) is 6.95. The van der Waals surface area contributed by atoms with Gasteiger partial charge in [-0.2, -0.15) is 0 Å². The van der Waals surface area contributed by atoms with E-state index in [4.69, 9.17) is 4.74 Å². The Morgan fingerprint density at radius 1 is 1.32 bits per heavy atom. The molecule has 0 aliphatic heterocycles. The Hall–Kier alpha value is -1.81. The van der Waals surface area contributed by atoms with Crippen LogP contribution in [0.25, 0.3) is 0 Å². The van der Waals surface area contributed by atoms with Crippen LogP contribution in [0.4, 0.5) is 0 Å². The zero-order valence-electron chi connectivity index (χ0n) is 11.2. The van der Waals surface area contributed by atoms with Crippen molar-refractivity contribution >= 4 is 0 Å². The van der Waals surface area contributed by atoms with Gasteiger partial charge in [0.2, 0.25) is 0 Å². The Morgan fingerprint density at radius 2 is 2.11 bits per heavy atom. The van der Waals surface area contributed by atoms with Crippen molar-refractivity contribution in [1.82, 2.24) is 9.55 Å². The smallest absolute Gasteiger partial charge is 0.119 e. The van der Waals surface area contributed by atoms with E-state index in [2.05, 4.69) is 16.5 Å². The largest absolute Gasteiger partial charge is 0.491 e. The lowest BCUT2D eigenvalue weighted by Crippen LogP contribution is -2.22. The van der Waals surface area contributed by atoms with Crippen molar-refractivity contribution in [2.75, 3.05) is 6.61 Å². The van der Waals surface area contributed by atoms with Gasteiger partial charge in [0, 0.05) is 25.4 Å². The number of benzene rings is 1. The van der Waals surface area contributed by atoms with Crippen LogP contribution in [-0.2, 0) is 13.0 Å². The molecule has 1 atom stereocenters. The third-order valence-electron chi connectivity index (χ3n) is 2.87. The quantitative estimate of drug-likeness (QED) is 0.830. The van der Waals surface area contributed by atoms with Gasteiger partial charge in [-0.3, -0.25) is 0 Å². The Bertz CT molecular complexity index is 482. The normalized spacial score (nSPS) is 12.3. The van der Waals surface area contributed by atoms with Gasteiger partial charge in [-0.1, -0.05) is 25.1 Å². The molecule has 4 heteroatoms. The first-order valence-corrected chi connectivity index (χ1v) is 6.65. The van der Waals surface area contributed by atoms with E-state index in [9.17, 15) is 5.11 Å². The molecule has 2 aromatic rings. The fraction of sp³-hybridized carbons (Fsp3) is 0.400. The molecular formula is C15H20N2O2. The van der Waals surface area contributed by atoms with Gasteiger partial charge >= 0.3 is 0 Å². The molecule has 0 spiro atoms. The predicted octanol–water partition coefficient (Wildman–Crippen LogP) is 2.28. The molecule has 0 aliphatic carbocycles. The molecule has 102 valence electrons. The molecule has 0 aliphatic rings. The summed E-state index contributed by atoms with van der Waals surface area (Å²) in [5, 5.41) is 10.00. The average Bonchev–Trinajstić information content (AvgIpc) is 2.85. The third kappa shape index (κ3) is 4.10. The number of aryl methyl sites for hydroxylation is 1. The monoisotopic (exact) mass is 260 g/mol. The standard InChI is InChI=1S/C15H20N2O2/c1-2-9-17-10-8-16-15(17)11-13(18)12-19-14-6-4-3-5-7-14/h3-8,10,13,18H,2,9,11-12H2,1H3. The zero-order valence-corrected chi connectivity index (χ0v) is 11.2. The maximum Gasteiger partial charge on any atom is 0.119 e. The summed E-state index contributed by atoms with van der Waals surface area (Å²) in [5.41, 5.74) is 0. The summed E-state index contributed by atoms with van der Waals surface area (Å²) < 4.78 is 7.60. The lowest BCUT2D eigenvalue weighted by atomic mass is 10.2. The van der Waals surface area contributed by atoms with E-state index < -0.39 is 6.10 Å². The summed E-state index contributed by atoms with van der Waals surface area (Å²) in [6.45, 7) is 3.34. The molecule has 1 heterocycles. The van der Waals surface area contributed by atoms with E-state index in [1.54, 1.807) is 6.20 Å². The molecule has 0 radical (unpaired) electrons. The highest BCUT2D eigenvalue weighted by Crippen LogP contribution is 2.10. The minimum atomic E-state index is -0.543. The highest BCUT2D eigenvalue weighted by molar-refractivity contribution is 5.20. The third-order valence-corrected chi connectivity index (χ3v) is 2.87. The molecule has 2 rings (SSSR count). The van der Waals surface area contributed by atoms with E-state index in [-0.39, 0.29) is 6.61 Å². The van der Waals surface area contributed by atoms with Crippen molar-refractivity contribution in [2.24, 2.45) is 0 Å². The first-order valence-electron chi connectivity index (χ1n) is 6.65. The second-order valence-corrected chi connectivity index (χ2v) is 4.52. The highest BCUT2D eigenvalue weighted by Gasteiger charge is 2.10. The maximum absolute atomic E-state index is 10.00. The summed E-state index contributed by atoms with van der Waals surface area (Å²) in [6, 6.07) is 9.52. The van der Waals surface area contributed by atoms with Crippen molar-refractivity contribution in [1.29, 1.82) is 0 Å². The van der Waals surface area contributed by atoms with Crippen LogP contribution >= 0.6 is 0 Å². The van der Waals surface area contributed by atoms with Gasteiger partial charge in [-0.25, -0.2) is 4.98 Å². The van der Waals surface area contributed by atoms with Crippen LogP contribution in [0.2, 0.25) is 0 Å².